The number of hydrogen-bond acceptors (Lipinski definition) is 4. The van der Waals surface area contributed by atoms with Crippen molar-refractivity contribution in [1.82, 2.24) is 0 Å². The molecule has 0 unspecified atom stereocenters. The lowest BCUT2D eigenvalue weighted by Gasteiger charge is -2.10. The molecular formula is C13H13FN2O2S. The number of carbonyl (C=O) groups is 1. The molecule has 1 aromatic carbocycles. The van der Waals surface area contributed by atoms with Crippen LogP contribution in [-0.2, 0) is 6.54 Å². The normalized spacial score (nSPS) is 10.4. The molecule has 6 heteroatoms. The van der Waals surface area contributed by atoms with Crippen LogP contribution < -0.4 is 11.1 Å². The van der Waals surface area contributed by atoms with E-state index in [0.29, 0.717) is 12.2 Å². The summed E-state index contributed by atoms with van der Waals surface area (Å²) in [6.45, 7) is 2.53. The van der Waals surface area contributed by atoms with Crippen molar-refractivity contribution >= 4 is 28.7 Å². The molecule has 1 aromatic heterocycles. The minimum atomic E-state index is -1.33. The number of nitrogens with two attached hydrogens (primary N) is 1. The molecule has 0 amide bonds. The van der Waals surface area contributed by atoms with E-state index in [1.807, 2.05) is 19.1 Å². The fraction of sp³-hybridized carbons (Fsp3) is 0.154. The molecule has 0 bridgehead atoms. The average Bonchev–Trinajstić information content (AvgIpc) is 2.75. The maximum absolute atomic E-state index is 13.5. The SMILES string of the molecule is Cc1ccc(CNc2cc(F)c(C(=O)O)cc2N)s1. The molecule has 0 radical (unpaired) electrons. The second-order valence-electron chi connectivity index (χ2n) is 4.09. The van der Waals surface area contributed by atoms with Crippen LogP contribution in [0, 0.1) is 12.7 Å². The zero-order valence-corrected chi connectivity index (χ0v) is 11.1. The number of carboxylic acids is 1. The maximum Gasteiger partial charge on any atom is 0.338 e. The summed E-state index contributed by atoms with van der Waals surface area (Å²) in [6.07, 6.45) is 0. The van der Waals surface area contributed by atoms with Gasteiger partial charge in [-0.25, -0.2) is 9.18 Å². The molecule has 0 saturated carbocycles. The van der Waals surface area contributed by atoms with Gasteiger partial charge in [-0.05, 0) is 31.2 Å². The van der Waals surface area contributed by atoms with Crippen molar-refractivity contribution in [3.8, 4) is 0 Å². The van der Waals surface area contributed by atoms with Gasteiger partial charge in [-0.15, -0.1) is 11.3 Å². The van der Waals surface area contributed by atoms with Gasteiger partial charge in [-0.3, -0.25) is 0 Å². The first kappa shape index (κ1) is 13.4. The zero-order chi connectivity index (χ0) is 14.0. The van der Waals surface area contributed by atoms with Crippen molar-refractivity contribution < 1.29 is 14.3 Å². The second-order valence-corrected chi connectivity index (χ2v) is 5.46. The van der Waals surface area contributed by atoms with E-state index in [9.17, 15) is 9.18 Å². The lowest BCUT2D eigenvalue weighted by molar-refractivity contribution is 0.0692. The molecule has 0 fully saturated rings. The highest BCUT2D eigenvalue weighted by atomic mass is 32.1. The lowest BCUT2D eigenvalue weighted by Crippen LogP contribution is -2.06. The number of thiophene rings is 1. The fourth-order valence-corrected chi connectivity index (χ4v) is 2.50. The summed E-state index contributed by atoms with van der Waals surface area (Å²) in [5.74, 6) is -2.13. The predicted octanol–water partition coefficient (Wildman–Crippen LogP) is 3.09. The smallest absolute Gasteiger partial charge is 0.338 e. The molecule has 100 valence electrons. The Balaban J connectivity index is 2.17. The van der Waals surface area contributed by atoms with Gasteiger partial charge in [0.15, 0.2) is 0 Å². The van der Waals surface area contributed by atoms with Crippen LogP contribution in [0.15, 0.2) is 24.3 Å². The lowest BCUT2D eigenvalue weighted by atomic mass is 10.1. The third-order valence-electron chi connectivity index (χ3n) is 2.62. The van der Waals surface area contributed by atoms with Gasteiger partial charge in [-0.1, -0.05) is 0 Å². The molecule has 4 nitrogen and oxygen atoms in total. The quantitative estimate of drug-likeness (QED) is 0.752. The van der Waals surface area contributed by atoms with Crippen molar-refractivity contribution in [2.45, 2.75) is 13.5 Å². The van der Waals surface area contributed by atoms with Crippen LogP contribution in [0.2, 0.25) is 0 Å². The Bertz CT molecular complexity index is 625. The minimum Gasteiger partial charge on any atom is -0.478 e. The van der Waals surface area contributed by atoms with Crippen molar-refractivity contribution in [1.29, 1.82) is 0 Å². The molecule has 1 heterocycles. The molecule has 0 aliphatic rings. The zero-order valence-electron chi connectivity index (χ0n) is 10.2. The van der Waals surface area contributed by atoms with Crippen molar-refractivity contribution in [3.05, 3.63) is 45.4 Å². The third-order valence-corrected chi connectivity index (χ3v) is 3.62. The van der Waals surface area contributed by atoms with Gasteiger partial charge in [-0.2, -0.15) is 0 Å². The van der Waals surface area contributed by atoms with Crippen LogP contribution in [0.1, 0.15) is 20.1 Å². The summed E-state index contributed by atoms with van der Waals surface area (Å²) in [5, 5.41) is 11.8. The summed E-state index contributed by atoms with van der Waals surface area (Å²) >= 11 is 1.63. The molecule has 0 aliphatic carbocycles. The van der Waals surface area contributed by atoms with E-state index < -0.39 is 17.3 Å². The Morgan fingerprint density at radius 3 is 2.79 bits per heavy atom. The summed E-state index contributed by atoms with van der Waals surface area (Å²) in [6, 6.07) is 6.21. The topological polar surface area (TPSA) is 75.3 Å². The molecule has 19 heavy (non-hydrogen) atoms. The number of aryl methyl sites for hydroxylation is 1. The largest absolute Gasteiger partial charge is 0.478 e. The third kappa shape index (κ3) is 3.03. The van der Waals surface area contributed by atoms with Gasteiger partial charge in [0.1, 0.15) is 5.82 Å². The van der Waals surface area contributed by atoms with E-state index in [1.54, 1.807) is 11.3 Å². The van der Waals surface area contributed by atoms with E-state index in [0.717, 1.165) is 17.0 Å². The van der Waals surface area contributed by atoms with Gasteiger partial charge in [0.2, 0.25) is 0 Å². The minimum absolute atomic E-state index is 0.215. The van der Waals surface area contributed by atoms with Crippen LogP contribution in [0.3, 0.4) is 0 Å². The van der Waals surface area contributed by atoms with Crippen LogP contribution in [0.4, 0.5) is 15.8 Å². The van der Waals surface area contributed by atoms with E-state index in [4.69, 9.17) is 10.8 Å². The number of nitrogen functional groups attached to an aromatic ring is 1. The maximum atomic E-state index is 13.5. The van der Waals surface area contributed by atoms with Crippen molar-refractivity contribution in [2.75, 3.05) is 11.1 Å². The van der Waals surface area contributed by atoms with Gasteiger partial charge >= 0.3 is 5.97 Å². The van der Waals surface area contributed by atoms with Crippen LogP contribution in [0.5, 0.6) is 0 Å². The highest BCUT2D eigenvalue weighted by molar-refractivity contribution is 7.11. The van der Waals surface area contributed by atoms with E-state index >= 15 is 0 Å². The highest BCUT2D eigenvalue weighted by Crippen LogP contribution is 2.24. The fourth-order valence-electron chi connectivity index (χ4n) is 1.67. The number of halogens is 1. The Morgan fingerprint density at radius 2 is 2.21 bits per heavy atom. The Labute approximate surface area is 113 Å². The molecule has 0 aliphatic heterocycles. The monoisotopic (exact) mass is 280 g/mol. The first-order chi connectivity index (χ1) is 8.97. The van der Waals surface area contributed by atoms with E-state index in [-0.39, 0.29) is 5.69 Å². The average molecular weight is 280 g/mol. The summed E-state index contributed by atoms with van der Waals surface area (Å²) < 4.78 is 13.5. The highest BCUT2D eigenvalue weighted by Gasteiger charge is 2.13. The van der Waals surface area contributed by atoms with Gasteiger partial charge in [0, 0.05) is 16.3 Å². The molecule has 2 rings (SSSR count). The van der Waals surface area contributed by atoms with Gasteiger partial charge < -0.3 is 16.2 Å². The number of nitrogens with one attached hydrogen (secondary N) is 1. The van der Waals surface area contributed by atoms with Gasteiger partial charge in [0.05, 0.1) is 16.9 Å². The van der Waals surface area contributed by atoms with Crippen LogP contribution >= 0.6 is 11.3 Å². The van der Waals surface area contributed by atoms with Gasteiger partial charge in [0.25, 0.3) is 0 Å². The Kier molecular flexibility index (Phi) is 3.71. The first-order valence-corrected chi connectivity index (χ1v) is 6.40. The van der Waals surface area contributed by atoms with E-state index in [1.165, 1.54) is 4.88 Å². The van der Waals surface area contributed by atoms with Crippen molar-refractivity contribution in [2.24, 2.45) is 0 Å². The predicted molar refractivity (Wildman–Crippen MR) is 74.2 cm³/mol. The number of anilines is 2. The standard InChI is InChI=1S/C13H13FN2O2S/c1-7-2-3-8(19-7)6-16-12-5-10(14)9(13(17)18)4-11(12)15/h2-5,16H,6,15H2,1H3,(H,17,18). The van der Waals surface area contributed by atoms with E-state index in [2.05, 4.69) is 5.32 Å². The summed E-state index contributed by atoms with van der Waals surface area (Å²) in [7, 11) is 0. The molecule has 0 spiro atoms. The molecular weight excluding hydrogens is 267 g/mol. The Morgan fingerprint density at radius 1 is 1.47 bits per heavy atom. The van der Waals surface area contributed by atoms with Crippen molar-refractivity contribution in [3.63, 3.8) is 0 Å². The summed E-state index contributed by atoms with van der Waals surface area (Å²) in [4.78, 5) is 13.0. The number of aromatic carboxylic acids is 1. The number of rotatable bonds is 4. The molecule has 0 atom stereocenters. The van der Waals surface area contributed by atoms with Crippen LogP contribution in [0.25, 0.3) is 0 Å². The number of hydrogen-bond donors (Lipinski definition) is 3. The molecule has 4 N–H and O–H groups in total. The second kappa shape index (κ2) is 5.27. The Hall–Kier alpha value is -2.08. The number of carboxylic acid groups (broad SMARTS) is 1. The van der Waals surface area contributed by atoms with Crippen LogP contribution in [-0.4, -0.2) is 11.1 Å². The summed E-state index contributed by atoms with van der Waals surface area (Å²) in [5.41, 5.74) is 5.90. The molecule has 0 saturated heterocycles. The first-order valence-electron chi connectivity index (χ1n) is 5.59. The number of benzene rings is 1. The molecule has 2 aromatic rings.